The molecule has 31 heavy (non-hydrogen) atoms. The van der Waals surface area contributed by atoms with Crippen LogP contribution < -0.4 is 9.47 Å². The first-order chi connectivity index (χ1) is 15.0. The molecule has 2 aromatic carbocycles. The molecule has 0 amide bonds. The fraction of sp³-hybridized carbons (Fsp3) is 0.407. The summed E-state index contributed by atoms with van der Waals surface area (Å²) in [6.45, 7) is 11.4. The molecule has 4 rings (SSSR count). The Bertz CT molecular complexity index is 888. The number of rotatable bonds is 10. The van der Waals surface area contributed by atoms with E-state index in [0.717, 1.165) is 35.8 Å². The topological polar surface area (TPSA) is 43.5 Å². The van der Waals surface area contributed by atoms with Gasteiger partial charge in [-0.15, -0.1) is 0 Å². The van der Waals surface area contributed by atoms with Crippen LogP contribution in [-0.2, 0) is 14.9 Å². The Morgan fingerprint density at radius 1 is 0.806 bits per heavy atom. The molecule has 0 saturated carbocycles. The largest absolute Gasteiger partial charge is 0.490 e. The molecule has 0 aromatic heterocycles. The predicted molar refractivity (Wildman–Crippen MR) is 125 cm³/mol. The van der Waals surface area contributed by atoms with Gasteiger partial charge in [-0.3, -0.25) is 0 Å². The summed E-state index contributed by atoms with van der Waals surface area (Å²) in [6.07, 6.45) is 8.78. The summed E-state index contributed by atoms with van der Waals surface area (Å²) in [6, 6.07) is 12.9. The maximum Gasteiger partial charge on any atom is 0.126 e. The lowest BCUT2D eigenvalue weighted by Crippen LogP contribution is -2.19. The van der Waals surface area contributed by atoms with E-state index in [1.165, 1.54) is 11.1 Å². The van der Waals surface area contributed by atoms with E-state index in [2.05, 4.69) is 62.4 Å². The highest BCUT2D eigenvalue weighted by molar-refractivity contribution is 5.62. The van der Waals surface area contributed by atoms with E-state index in [9.17, 15) is 0 Å². The van der Waals surface area contributed by atoms with Crippen LogP contribution in [0.15, 0.2) is 48.6 Å². The smallest absolute Gasteiger partial charge is 0.126 e. The summed E-state index contributed by atoms with van der Waals surface area (Å²) < 4.78 is 22.5. The second-order valence-electron chi connectivity index (χ2n) is 8.66. The van der Waals surface area contributed by atoms with Crippen molar-refractivity contribution in [3.8, 4) is 11.5 Å². The Morgan fingerprint density at radius 2 is 1.23 bits per heavy atom. The third-order valence-electron chi connectivity index (χ3n) is 5.81. The standard InChI is InChI=1S/C27H32O4/c1-5-7-19-13-21(9-11-25(19)30-17-23-15-28-23)27(3,4)22-10-12-26(20(14-22)8-6-2)31-18-24-16-29-24/h5-14,23-24H,15-18H2,1-4H3/b7-5-,8-6-. The first-order valence-corrected chi connectivity index (χ1v) is 11.0. The Labute approximate surface area is 185 Å². The first kappa shape index (κ1) is 21.7. The van der Waals surface area contributed by atoms with Gasteiger partial charge < -0.3 is 18.9 Å². The molecular weight excluding hydrogens is 388 g/mol. The minimum absolute atomic E-state index is 0.178. The molecule has 2 aliphatic rings. The molecule has 4 nitrogen and oxygen atoms in total. The predicted octanol–water partition coefficient (Wildman–Crippen LogP) is 5.63. The highest BCUT2D eigenvalue weighted by Crippen LogP contribution is 2.37. The van der Waals surface area contributed by atoms with Gasteiger partial charge in [0.2, 0.25) is 0 Å². The average molecular weight is 421 g/mol. The third kappa shape index (κ3) is 5.38. The molecular formula is C27H32O4. The molecule has 0 N–H and O–H groups in total. The molecule has 2 fully saturated rings. The summed E-state index contributed by atoms with van der Waals surface area (Å²) in [5.74, 6) is 1.79. The van der Waals surface area contributed by atoms with Crippen LogP contribution >= 0.6 is 0 Å². The van der Waals surface area contributed by atoms with Crippen molar-refractivity contribution in [2.24, 2.45) is 0 Å². The van der Waals surface area contributed by atoms with Crippen molar-refractivity contribution >= 4 is 12.2 Å². The van der Waals surface area contributed by atoms with Crippen molar-refractivity contribution < 1.29 is 18.9 Å². The van der Waals surface area contributed by atoms with Gasteiger partial charge in [-0.05, 0) is 49.2 Å². The number of benzene rings is 2. The first-order valence-electron chi connectivity index (χ1n) is 11.0. The molecule has 2 aromatic rings. The fourth-order valence-corrected chi connectivity index (χ4v) is 3.62. The summed E-state index contributed by atoms with van der Waals surface area (Å²) in [7, 11) is 0. The number of allylic oxidation sites excluding steroid dienone is 2. The maximum atomic E-state index is 5.99. The Hall–Kier alpha value is -2.56. The molecule has 2 atom stereocenters. The third-order valence-corrected chi connectivity index (χ3v) is 5.81. The van der Waals surface area contributed by atoms with Crippen molar-refractivity contribution in [2.45, 2.75) is 45.3 Å². The highest BCUT2D eigenvalue weighted by Gasteiger charge is 2.27. The van der Waals surface area contributed by atoms with E-state index in [0.29, 0.717) is 13.2 Å². The second-order valence-corrected chi connectivity index (χ2v) is 8.66. The zero-order valence-electron chi connectivity index (χ0n) is 18.9. The van der Waals surface area contributed by atoms with Crippen LogP contribution in [0.25, 0.3) is 12.2 Å². The molecule has 0 spiro atoms. The Kier molecular flexibility index (Phi) is 6.49. The highest BCUT2D eigenvalue weighted by atomic mass is 16.6. The monoisotopic (exact) mass is 420 g/mol. The summed E-state index contributed by atoms with van der Waals surface area (Å²) >= 11 is 0. The van der Waals surface area contributed by atoms with Gasteiger partial charge in [-0.25, -0.2) is 0 Å². The minimum Gasteiger partial charge on any atom is -0.490 e. The molecule has 164 valence electrons. The normalized spacial score (nSPS) is 20.4. The SMILES string of the molecule is C/C=C\c1cc(C(C)(C)c2ccc(OCC3CO3)c(/C=C\C)c2)ccc1OCC1CO1. The van der Waals surface area contributed by atoms with Crippen LogP contribution in [0, 0.1) is 0 Å². The fourth-order valence-electron chi connectivity index (χ4n) is 3.62. The van der Waals surface area contributed by atoms with Gasteiger partial charge in [0.1, 0.15) is 36.9 Å². The van der Waals surface area contributed by atoms with Gasteiger partial charge in [-0.2, -0.15) is 0 Å². The molecule has 4 heteroatoms. The van der Waals surface area contributed by atoms with Crippen LogP contribution in [0.4, 0.5) is 0 Å². The van der Waals surface area contributed by atoms with Crippen LogP contribution in [0.2, 0.25) is 0 Å². The minimum atomic E-state index is -0.178. The molecule has 2 unspecified atom stereocenters. The van der Waals surface area contributed by atoms with Gasteiger partial charge in [-0.1, -0.05) is 50.3 Å². The van der Waals surface area contributed by atoms with Gasteiger partial charge in [0.15, 0.2) is 0 Å². The number of epoxide rings is 2. The molecule has 0 radical (unpaired) electrons. The van der Waals surface area contributed by atoms with Crippen LogP contribution in [0.3, 0.4) is 0 Å². The van der Waals surface area contributed by atoms with Gasteiger partial charge in [0.25, 0.3) is 0 Å². The van der Waals surface area contributed by atoms with E-state index >= 15 is 0 Å². The van der Waals surface area contributed by atoms with E-state index in [-0.39, 0.29) is 17.6 Å². The number of ether oxygens (including phenoxy) is 4. The number of hydrogen-bond donors (Lipinski definition) is 0. The average Bonchev–Trinajstić information content (AvgIpc) is 3.67. The second kappa shape index (κ2) is 9.29. The molecule has 2 heterocycles. The van der Waals surface area contributed by atoms with E-state index < -0.39 is 0 Å². The van der Waals surface area contributed by atoms with Crippen molar-refractivity contribution in [1.29, 1.82) is 0 Å². The van der Waals surface area contributed by atoms with Crippen LogP contribution in [0.5, 0.6) is 11.5 Å². The molecule has 0 aliphatic carbocycles. The summed E-state index contributed by atoms with van der Waals surface area (Å²) in [4.78, 5) is 0. The molecule has 0 bridgehead atoms. The lowest BCUT2D eigenvalue weighted by atomic mass is 9.77. The Balaban J connectivity index is 1.61. The van der Waals surface area contributed by atoms with Crippen LogP contribution in [-0.4, -0.2) is 38.6 Å². The van der Waals surface area contributed by atoms with Gasteiger partial charge >= 0.3 is 0 Å². The Morgan fingerprint density at radius 3 is 1.58 bits per heavy atom. The lowest BCUT2D eigenvalue weighted by Gasteiger charge is -2.28. The van der Waals surface area contributed by atoms with Crippen LogP contribution in [0.1, 0.15) is 49.9 Å². The lowest BCUT2D eigenvalue weighted by molar-refractivity contribution is 0.262. The van der Waals surface area contributed by atoms with Crippen molar-refractivity contribution in [3.05, 3.63) is 70.8 Å². The summed E-state index contributed by atoms with van der Waals surface area (Å²) in [5, 5.41) is 0. The maximum absolute atomic E-state index is 5.99. The molecule has 2 aliphatic heterocycles. The number of hydrogen-bond acceptors (Lipinski definition) is 4. The quantitative estimate of drug-likeness (QED) is 0.467. The molecule has 2 saturated heterocycles. The zero-order valence-corrected chi connectivity index (χ0v) is 18.9. The van der Waals surface area contributed by atoms with E-state index in [1.807, 2.05) is 26.0 Å². The van der Waals surface area contributed by atoms with E-state index in [4.69, 9.17) is 18.9 Å². The van der Waals surface area contributed by atoms with Crippen molar-refractivity contribution in [2.75, 3.05) is 26.4 Å². The zero-order chi connectivity index (χ0) is 21.8. The van der Waals surface area contributed by atoms with Crippen molar-refractivity contribution in [1.82, 2.24) is 0 Å². The van der Waals surface area contributed by atoms with E-state index in [1.54, 1.807) is 0 Å². The van der Waals surface area contributed by atoms with Gasteiger partial charge in [0.05, 0.1) is 13.2 Å². The van der Waals surface area contributed by atoms with Gasteiger partial charge in [0, 0.05) is 16.5 Å². The van der Waals surface area contributed by atoms with Crippen molar-refractivity contribution in [3.63, 3.8) is 0 Å². The summed E-state index contributed by atoms with van der Waals surface area (Å²) in [5.41, 5.74) is 4.48.